The third kappa shape index (κ3) is 4.12. The second kappa shape index (κ2) is 8.17. The molecular weight excluding hydrogens is 372 g/mol. The fourth-order valence-electron chi connectivity index (χ4n) is 2.34. The van der Waals surface area contributed by atoms with Crippen molar-refractivity contribution in [1.82, 2.24) is 0 Å². The summed E-state index contributed by atoms with van der Waals surface area (Å²) >= 11 is 7.85. The molecule has 0 radical (unpaired) electrons. The quantitative estimate of drug-likeness (QED) is 0.452. The van der Waals surface area contributed by atoms with E-state index >= 15 is 0 Å². The first kappa shape index (κ1) is 18.2. The lowest BCUT2D eigenvalue weighted by Gasteiger charge is -2.03. The van der Waals surface area contributed by atoms with E-state index in [0.717, 1.165) is 20.5 Å². The molecule has 0 saturated heterocycles. The van der Waals surface area contributed by atoms with Crippen LogP contribution in [0.3, 0.4) is 0 Å². The molecule has 0 spiro atoms. The van der Waals surface area contributed by atoms with Crippen LogP contribution >= 0.6 is 22.9 Å². The van der Waals surface area contributed by atoms with Gasteiger partial charge >= 0.3 is 11.9 Å². The summed E-state index contributed by atoms with van der Waals surface area (Å²) in [6.45, 7) is 0.116. The van der Waals surface area contributed by atoms with Gasteiger partial charge in [0, 0.05) is 21.0 Å². The van der Waals surface area contributed by atoms with Crippen molar-refractivity contribution in [2.75, 3.05) is 7.11 Å². The molecular formula is C20H15ClO4S. The maximum absolute atomic E-state index is 11.9. The second-order valence-electron chi connectivity index (χ2n) is 5.41. The minimum atomic E-state index is -0.462. The molecule has 3 rings (SSSR count). The van der Waals surface area contributed by atoms with Gasteiger partial charge < -0.3 is 9.47 Å². The Morgan fingerprint density at radius 1 is 1.12 bits per heavy atom. The topological polar surface area (TPSA) is 52.6 Å². The van der Waals surface area contributed by atoms with Gasteiger partial charge in [0.05, 0.1) is 17.7 Å². The third-order valence-electron chi connectivity index (χ3n) is 3.69. The molecule has 26 heavy (non-hydrogen) atoms. The Bertz CT molecular complexity index is 973. The highest BCUT2D eigenvalue weighted by Crippen LogP contribution is 2.35. The monoisotopic (exact) mass is 386 g/mol. The summed E-state index contributed by atoms with van der Waals surface area (Å²) in [7, 11) is 1.33. The fourth-order valence-corrected chi connectivity index (χ4v) is 3.74. The Hall–Kier alpha value is -2.63. The standard InChI is InChI=1S/C20H15ClO4S/c1-24-20(23)14-8-6-13(7-9-14)12-25-18(22)11-10-17-19(21)15-4-2-3-5-16(15)26-17/h2-11H,12H2,1H3/b11-10+. The maximum Gasteiger partial charge on any atom is 0.337 e. The van der Waals surface area contributed by atoms with Crippen LogP contribution in [0, 0.1) is 0 Å². The number of thiophene rings is 1. The van der Waals surface area contributed by atoms with E-state index in [1.54, 1.807) is 30.3 Å². The predicted molar refractivity (Wildman–Crippen MR) is 103 cm³/mol. The van der Waals surface area contributed by atoms with E-state index in [-0.39, 0.29) is 6.61 Å². The van der Waals surface area contributed by atoms with Gasteiger partial charge in [-0.1, -0.05) is 41.9 Å². The van der Waals surface area contributed by atoms with Crippen LogP contribution in [0.1, 0.15) is 20.8 Å². The second-order valence-corrected chi connectivity index (χ2v) is 6.87. The van der Waals surface area contributed by atoms with E-state index in [1.807, 2.05) is 24.3 Å². The summed E-state index contributed by atoms with van der Waals surface area (Å²) in [4.78, 5) is 24.1. The zero-order valence-corrected chi connectivity index (χ0v) is 15.5. The van der Waals surface area contributed by atoms with Crippen LogP contribution in [0.15, 0.2) is 54.6 Å². The maximum atomic E-state index is 11.9. The SMILES string of the molecule is COC(=O)c1ccc(COC(=O)/C=C/c2sc3ccccc3c2Cl)cc1. The Morgan fingerprint density at radius 3 is 2.54 bits per heavy atom. The van der Waals surface area contributed by atoms with Crippen LogP contribution in [0.25, 0.3) is 16.2 Å². The molecule has 132 valence electrons. The zero-order chi connectivity index (χ0) is 18.5. The Balaban J connectivity index is 1.60. The van der Waals surface area contributed by atoms with Gasteiger partial charge in [0.25, 0.3) is 0 Å². The first-order valence-electron chi connectivity index (χ1n) is 7.77. The first-order chi connectivity index (χ1) is 12.6. The highest BCUT2D eigenvalue weighted by Gasteiger charge is 2.08. The number of carbonyl (C=O) groups is 2. The summed E-state index contributed by atoms with van der Waals surface area (Å²) in [5.74, 6) is -0.868. The van der Waals surface area contributed by atoms with Crippen molar-refractivity contribution in [3.63, 3.8) is 0 Å². The van der Waals surface area contributed by atoms with Crippen molar-refractivity contribution in [1.29, 1.82) is 0 Å². The summed E-state index contributed by atoms with van der Waals surface area (Å²) in [6.07, 6.45) is 3.02. The number of rotatable bonds is 5. The number of benzene rings is 2. The van der Waals surface area contributed by atoms with Gasteiger partial charge in [-0.25, -0.2) is 9.59 Å². The molecule has 0 saturated carbocycles. The molecule has 0 aliphatic rings. The third-order valence-corrected chi connectivity index (χ3v) is 5.34. The van der Waals surface area contributed by atoms with E-state index < -0.39 is 11.9 Å². The average Bonchev–Trinajstić information content (AvgIpc) is 3.00. The largest absolute Gasteiger partial charge is 0.465 e. The van der Waals surface area contributed by atoms with Crippen molar-refractivity contribution >= 4 is 51.0 Å². The summed E-state index contributed by atoms with van der Waals surface area (Å²) in [5.41, 5.74) is 1.22. The number of halogens is 1. The smallest absolute Gasteiger partial charge is 0.337 e. The lowest BCUT2D eigenvalue weighted by atomic mass is 10.1. The number of esters is 2. The van der Waals surface area contributed by atoms with Gasteiger partial charge in [0.1, 0.15) is 6.61 Å². The van der Waals surface area contributed by atoms with Crippen molar-refractivity contribution < 1.29 is 19.1 Å². The molecule has 0 unspecified atom stereocenters. The number of hydrogen-bond donors (Lipinski definition) is 0. The molecule has 1 heterocycles. The van der Waals surface area contributed by atoms with Gasteiger partial charge in [-0.05, 0) is 29.8 Å². The van der Waals surface area contributed by atoms with Crippen LogP contribution in [0.4, 0.5) is 0 Å². The number of fused-ring (bicyclic) bond motifs is 1. The average molecular weight is 387 g/mol. The normalized spacial score (nSPS) is 11.0. The van der Waals surface area contributed by atoms with Crippen molar-refractivity contribution in [2.45, 2.75) is 6.61 Å². The molecule has 0 atom stereocenters. The van der Waals surface area contributed by atoms with Crippen LogP contribution in [0.5, 0.6) is 0 Å². The highest BCUT2D eigenvalue weighted by molar-refractivity contribution is 7.20. The van der Waals surface area contributed by atoms with E-state index in [2.05, 4.69) is 4.74 Å². The van der Waals surface area contributed by atoms with Crippen molar-refractivity contribution in [3.05, 3.63) is 75.6 Å². The van der Waals surface area contributed by atoms with Gasteiger partial charge in [-0.2, -0.15) is 0 Å². The zero-order valence-electron chi connectivity index (χ0n) is 13.9. The Labute approximate surface area is 159 Å². The summed E-state index contributed by atoms with van der Waals surface area (Å²) in [6, 6.07) is 14.5. The van der Waals surface area contributed by atoms with Crippen LogP contribution < -0.4 is 0 Å². The molecule has 3 aromatic rings. The molecule has 1 aromatic heterocycles. The summed E-state index contributed by atoms with van der Waals surface area (Å²) in [5, 5.41) is 1.60. The van der Waals surface area contributed by atoms with Crippen molar-refractivity contribution in [2.24, 2.45) is 0 Å². The van der Waals surface area contributed by atoms with Gasteiger partial charge in [-0.3, -0.25) is 0 Å². The Morgan fingerprint density at radius 2 is 1.85 bits per heavy atom. The van der Waals surface area contributed by atoms with E-state index in [1.165, 1.54) is 24.5 Å². The Kier molecular flexibility index (Phi) is 5.71. The first-order valence-corrected chi connectivity index (χ1v) is 8.97. The molecule has 6 heteroatoms. The molecule has 0 N–H and O–H groups in total. The number of hydrogen-bond acceptors (Lipinski definition) is 5. The molecule has 2 aromatic carbocycles. The van der Waals surface area contributed by atoms with Gasteiger partial charge in [0.15, 0.2) is 0 Å². The molecule has 0 aliphatic carbocycles. The molecule has 0 aliphatic heterocycles. The van der Waals surface area contributed by atoms with Gasteiger partial charge in [0.2, 0.25) is 0 Å². The predicted octanol–water partition coefficient (Wildman–Crippen LogP) is 5.10. The number of methoxy groups -OCH3 is 1. The fraction of sp³-hybridized carbons (Fsp3) is 0.100. The molecule has 0 bridgehead atoms. The van der Waals surface area contributed by atoms with Crippen LogP contribution in [0.2, 0.25) is 5.02 Å². The van der Waals surface area contributed by atoms with E-state index in [0.29, 0.717) is 10.6 Å². The van der Waals surface area contributed by atoms with Crippen molar-refractivity contribution in [3.8, 4) is 0 Å². The number of ether oxygens (including phenoxy) is 2. The lowest BCUT2D eigenvalue weighted by Crippen LogP contribution is -2.03. The lowest BCUT2D eigenvalue weighted by molar-refractivity contribution is -0.138. The highest BCUT2D eigenvalue weighted by atomic mass is 35.5. The molecule has 0 fully saturated rings. The minimum absolute atomic E-state index is 0.116. The minimum Gasteiger partial charge on any atom is -0.465 e. The van der Waals surface area contributed by atoms with Crippen LogP contribution in [-0.2, 0) is 20.9 Å². The van der Waals surface area contributed by atoms with Crippen LogP contribution in [-0.4, -0.2) is 19.0 Å². The number of carbonyl (C=O) groups excluding carboxylic acids is 2. The van der Waals surface area contributed by atoms with E-state index in [9.17, 15) is 9.59 Å². The van der Waals surface area contributed by atoms with E-state index in [4.69, 9.17) is 16.3 Å². The molecule has 4 nitrogen and oxygen atoms in total. The summed E-state index contributed by atoms with van der Waals surface area (Å²) < 4.78 is 10.9. The van der Waals surface area contributed by atoms with Gasteiger partial charge in [-0.15, -0.1) is 11.3 Å². The molecule has 0 amide bonds.